The van der Waals surface area contributed by atoms with E-state index in [2.05, 4.69) is 5.32 Å². The van der Waals surface area contributed by atoms with Gasteiger partial charge in [0.15, 0.2) is 0 Å². The van der Waals surface area contributed by atoms with Crippen molar-refractivity contribution in [2.24, 2.45) is 0 Å². The summed E-state index contributed by atoms with van der Waals surface area (Å²) in [6.45, 7) is 3.54. The van der Waals surface area contributed by atoms with E-state index in [9.17, 15) is 4.79 Å². The van der Waals surface area contributed by atoms with Gasteiger partial charge in [-0.2, -0.15) is 0 Å². The smallest absolute Gasteiger partial charge is 0.249 e. The zero-order chi connectivity index (χ0) is 9.56. The molecule has 0 saturated carbocycles. The highest BCUT2D eigenvalue weighted by atomic mass is 16.5. The minimum absolute atomic E-state index is 0.0291. The van der Waals surface area contributed by atoms with Gasteiger partial charge in [-0.1, -0.05) is 6.92 Å². The summed E-state index contributed by atoms with van der Waals surface area (Å²) >= 11 is 0. The minimum Gasteiger partial charge on any atom is -0.394 e. The second kappa shape index (κ2) is 5.97. The van der Waals surface area contributed by atoms with Crippen LogP contribution in [0.5, 0.6) is 0 Å². The largest absolute Gasteiger partial charge is 0.394 e. The van der Waals surface area contributed by atoms with Crippen molar-refractivity contribution in [3.63, 3.8) is 0 Å². The maximum Gasteiger partial charge on any atom is 0.249 e. The molecule has 2 N–H and O–H groups in total. The van der Waals surface area contributed by atoms with E-state index >= 15 is 0 Å². The van der Waals surface area contributed by atoms with Crippen molar-refractivity contribution in [2.45, 2.75) is 32.4 Å². The van der Waals surface area contributed by atoms with Gasteiger partial charge in [-0.05, 0) is 13.3 Å². The first-order valence-electron chi connectivity index (χ1n) is 4.09. The number of methoxy groups -OCH3 is 1. The number of hydrogen-bond donors (Lipinski definition) is 2. The van der Waals surface area contributed by atoms with Crippen LogP contribution in [0, 0.1) is 0 Å². The lowest BCUT2D eigenvalue weighted by molar-refractivity contribution is -0.131. The Morgan fingerprint density at radius 1 is 1.67 bits per heavy atom. The third-order valence-electron chi connectivity index (χ3n) is 1.78. The van der Waals surface area contributed by atoms with E-state index in [1.54, 1.807) is 6.92 Å². The summed E-state index contributed by atoms with van der Waals surface area (Å²) in [6, 6.07) is -0.157. The first-order chi connectivity index (χ1) is 5.65. The summed E-state index contributed by atoms with van der Waals surface area (Å²) in [5.41, 5.74) is 0. The number of aliphatic hydroxyl groups is 1. The second-order valence-electron chi connectivity index (χ2n) is 2.67. The Balaban J connectivity index is 3.81. The van der Waals surface area contributed by atoms with Crippen LogP contribution < -0.4 is 5.32 Å². The van der Waals surface area contributed by atoms with Crippen molar-refractivity contribution >= 4 is 5.91 Å². The molecular weight excluding hydrogens is 158 g/mol. The predicted octanol–water partition coefficient (Wildman–Crippen LogP) is -0.0916. The number of carbonyl (C=O) groups excluding carboxylic acids is 1. The van der Waals surface area contributed by atoms with Gasteiger partial charge in [0, 0.05) is 7.11 Å². The Kier molecular flexibility index (Phi) is 5.66. The molecule has 0 spiro atoms. The highest BCUT2D eigenvalue weighted by molar-refractivity contribution is 5.80. The van der Waals surface area contributed by atoms with Gasteiger partial charge in [-0.15, -0.1) is 0 Å². The Morgan fingerprint density at radius 3 is 2.58 bits per heavy atom. The standard InChI is InChI=1S/C8H17NO3/c1-4-7(5-10)9-8(11)6(2)12-3/h6-7,10H,4-5H2,1-3H3,(H,9,11)/t6?,7-/m1/s1. The molecule has 0 aromatic heterocycles. The van der Waals surface area contributed by atoms with E-state index in [4.69, 9.17) is 9.84 Å². The van der Waals surface area contributed by atoms with Crippen LogP contribution in [-0.2, 0) is 9.53 Å². The van der Waals surface area contributed by atoms with Crippen LogP contribution in [0.3, 0.4) is 0 Å². The summed E-state index contributed by atoms with van der Waals surface area (Å²) in [7, 11) is 1.48. The normalized spacial score (nSPS) is 15.3. The van der Waals surface area contributed by atoms with Gasteiger partial charge >= 0.3 is 0 Å². The monoisotopic (exact) mass is 175 g/mol. The number of carbonyl (C=O) groups is 1. The molecule has 2 atom stereocenters. The lowest BCUT2D eigenvalue weighted by Gasteiger charge is -2.16. The van der Waals surface area contributed by atoms with E-state index in [-0.39, 0.29) is 18.6 Å². The van der Waals surface area contributed by atoms with E-state index in [0.29, 0.717) is 0 Å². The second-order valence-corrected chi connectivity index (χ2v) is 2.67. The van der Waals surface area contributed by atoms with Crippen molar-refractivity contribution in [1.82, 2.24) is 5.32 Å². The van der Waals surface area contributed by atoms with E-state index in [1.807, 2.05) is 6.92 Å². The number of nitrogens with one attached hydrogen (secondary N) is 1. The molecule has 0 saturated heterocycles. The molecule has 0 heterocycles. The molecule has 4 heteroatoms. The van der Waals surface area contributed by atoms with Crippen molar-refractivity contribution in [1.29, 1.82) is 0 Å². The van der Waals surface area contributed by atoms with Crippen LogP contribution in [0.4, 0.5) is 0 Å². The fourth-order valence-corrected chi connectivity index (χ4v) is 0.702. The van der Waals surface area contributed by atoms with Crippen molar-refractivity contribution in [2.75, 3.05) is 13.7 Å². The van der Waals surface area contributed by atoms with Gasteiger partial charge in [-0.3, -0.25) is 4.79 Å². The molecule has 12 heavy (non-hydrogen) atoms. The number of hydrogen-bond acceptors (Lipinski definition) is 3. The number of ether oxygens (including phenoxy) is 1. The topological polar surface area (TPSA) is 58.6 Å². The van der Waals surface area contributed by atoms with Gasteiger partial charge in [-0.25, -0.2) is 0 Å². The number of amides is 1. The Bertz CT molecular complexity index is 134. The molecule has 0 rings (SSSR count). The molecule has 1 unspecified atom stereocenters. The number of aliphatic hydroxyl groups excluding tert-OH is 1. The third-order valence-corrected chi connectivity index (χ3v) is 1.78. The third kappa shape index (κ3) is 3.69. The van der Waals surface area contributed by atoms with Crippen LogP contribution >= 0.6 is 0 Å². The molecule has 0 aliphatic heterocycles. The summed E-state index contributed by atoms with van der Waals surface area (Å²) < 4.78 is 4.81. The van der Waals surface area contributed by atoms with Gasteiger partial charge in [0.2, 0.25) is 5.91 Å². The maximum atomic E-state index is 11.2. The summed E-state index contributed by atoms with van der Waals surface area (Å²) in [4.78, 5) is 11.2. The molecule has 0 radical (unpaired) electrons. The van der Waals surface area contributed by atoms with Crippen LogP contribution in [-0.4, -0.2) is 36.9 Å². The van der Waals surface area contributed by atoms with E-state index in [1.165, 1.54) is 7.11 Å². The highest BCUT2D eigenvalue weighted by Crippen LogP contribution is 1.92. The first kappa shape index (κ1) is 11.4. The fraction of sp³-hybridized carbons (Fsp3) is 0.875. The molecule has 0 bridgehead atoms. The molecule has 0 aliphatic carbocycles. The van der Waals surface area contributed by atoms with Crippen LogP contribution in [0.1, 0.15) is 20.3 Å². The SMILES string of the molecule is CC[C@H](CO)NC(=O)C(C)OC. The molecule has 0 fully saturated rings. The molecule has 0 aromatic rings. The van der Waals surface area contributed by atoms with Gasteiger partial charge in [0.05, 0.1) is 12.6 Å². The summed E-state index contributed by atoms with van der Waals surface area (Å²) in [5, 5.41) is 11.4. The maximum absolute atomic E-state index is 11.2. The van der Waals surface area contributed by atoms with E-state index < -0.39 is 6.10 Å². The molecule has 4 nitrogen and oxygen atoms in total. The van der Waals surface area contributed by atoms with Crippen LogP contribution in [0.15, 0.2) is 0 Å². The zero-order valence-electron chi connectivity index (χ0n) is 7.83. The Hall–Kier alpha value is -0.610. The van der Waals surface area contributed by atoms with Crippen molar-refractivity contribution < 1.29 is 14.6 Å². The molecule has 0 aromatic carbocycles. The van der Waals surface area contributed by atoms with Crippen molar-refractivity contribution in [3.8, 4) is 0 Å². The Labute approximate surface area is 72.9 Å². The fourth-order valence-electron chi connectivity index (χ4n) is 0.702. The molecule has 0 aliphatic rings. The average Bonchev–Trinajstić information content (AvgIpc) is 2.12. The van der Waals surface area contributed by atoms with Crippen LogP contribution in [0.25, 0.3) is 0 Å². The predicted molar refractivity (Wildman–Crippen MR) is 45.8 cm³/mol. The Morgan fingerprint density at radius 2 is 2.25 bits per heavy atom. The zero-order valence-corrected chi connectivity index (χ0v) is 7.83. The lowest BCUT2D eigenvalue weighted by atomic mass is 10.2. The highest BCUT2D eigenvalue weighted by Gasteiger charge is 2.14. The minimum atomic E-state index is -0.453. The average molecular weight is 175 g/mol. The van der Waals surface area contributed by atoms with Gasteiger partial charge in [0.1, 0.15) is 6.10 Å². The van der Waals surface area contributed by atoms with Crippen LogP contribution in [0.2, 0.25) is 0 Å². The van der Waals surface area contributed by atoms with E-state index in [0.717, 1.165) is 6.42 Å². The quantitative estimate of drug-likeness (QED) is 0.614. The molecule has 72 valence electrons. The molecular formula is C8H17NO3. The van der Waals surface area contributed by atoms with Gasteiger partial charge in [0.25, 0.3) is 0 Å². The van der Waals surface area contributed by atoms with Gasteiger partial charge < -0.3 is 15.2 Å². The summed E-state index contributed by atoms with van der Waals surface area (Å²) in [6.07, 6.45) is 0.268. The molecule has 1 amide bonds. The lowest BCUT2D eigenvalue weighted by Crippen LogP contribution is -2.42. The number of rotatable bonds is 5. The van der Waals surface area contributed by atoms with Crippen molar-refractivity contribution in [3.05, 3.63) is 0 Å². The summed E-state index contributed by atoms with van der Waals surface area (Å²) in [5.74, 6) is -0.182. The first-order valence-corrected chi connectivity index (χ1v) is 4.09.